The van der Waals surface area contributed by atoms with Gasteiger partial charge in [0.1, 0.15) is 0 Å². The summed E-state index contributed by atoms with van der Waals surface area (Å²) in [5.41, 5.74) is 1.14. The van der Waals surface area contributed by atoms with Crippen LogP contribution in [-0.2, 0) is 4.79 Å². The van der Waals surface area contributed by atoms with Gasteiger partial charge < -0.3 is 5.11 Å². The summed E-state index contributed by atoms with van der Waals surface area (Å²) < 4.78 is 1.66. The maximum Gasteiger partial charge on any atom is 0.313 e. The van der Waals surface area contributed by atoms with Crippen molar-refractivity contribution in [2.45, 2.75) is 12.1 Å². The van der Waals surface area contributed by atoms with Gasteiger partial charge in [-0.05, 0) is 19.1 Å². The maximum atomic E-state index is 11.3. The summed E-state index contributed by atoms with van der Waals surface area (Å²) >= 11 is 0.997. The number of aliphatic carboxylic acids is 1. The number of hydrogen-bond acceptors (Lipinski definition) is 5. The first-order valence-corrected chi connectivity index (χ1v) is 6.43. The zero-order valence-electron chi connectivity index (χ0n) is 10.1. The lowest BCUT2D eigenvalue weighted by Gasteiger charge is -2.12. The summed E-state index contributed by atoms with van der Waals surface area (Å²) in [7, 11) is 0. The fraction of sp³-hybridized carbons (Fsp3) is 0.167. The molecule has 0 amide bonds. The maximum absolute atomic E-state index is 11.3. The second-order valence-electron chi connectivity index (χ2n) is 3.71. The van der Waals surface area contributed by atoms with E-state index in [4.69, 9.17) is 5.11 Å². The fourth-order valence-electron chi connectivity index (χ4n) is 1.53. The molecular weight excluding hydrogens is 266 g/mol. The summed E-state index contributed by atoms with van der Waals surface area (Å²) in [6, 6.07) is 4.93. The molecule has 19 heavy (non-hydrogen) atoms. The average Bonchev–Trinajstić information content (AvgIpc) is 2.37. The number of carboxylic acids is 1. The van der Waals surface area contributed by atoms with Crippen molar-refractivity contribution in [2.75, 3.05) is 5.75 Å². The predicted octanol–water partition coefficient (Wildman–Crippen LogP) is 1.11. The van der Waals surface area contributed by atoms with E-state index >= 15 is 0 Å². The molecule has 0 aliphatic heterocycles. The van der Waals surface area contributed by atoms with Gasteiger partial charge in [-0.2, -0.15) is 4.98 Å². The number of carbonyl (C=O) groups is 1. The van der Waals surface area contributed by atoms with Crippen LogP contribution in [0, 0.1) is 6.92 Å². The molecule has 0 atom stereocenters. The van der Waals surface area contributed by atoms with Crippen LogP contribution >= 0.6 is 11.8 Å². The molecule has 7 heteroatoms. The number of rotatable bonds is 4. The highest BCUT2D eigenvalue weighted by Gasteiger charge is 2.10. The number of pyridine rings is 1. The molecule has 1 N–H and O–H groups in total. The van der Waals surface area contributed by atoms with Crippen LogP contribution in [0.25, 0.3) is 5.69 Å². The van der Waals surface area contributed by atoms with Gasteiger partial charge in [0.2, 0.25) is 0 Å². The molecule has 6 nitrogen and oxygen atoms in total. The van der Waals surface area contributed by atoms with Gasteiger partial charge in [0.05, 0.1) is 17.1 Å². The van der Waals surface area contributed by atoms with E-state index in [1.807, 2.05) is 13.0 Å². The Labute approximate surface area is 113 Å². The lowest BCUT2D eigenvalue weighted by atomic mass is 10.3. The lowest BCUT2D eigenvalue weighted by molar-refractivity contribution is -0.133. The first kappa shape index (κ1) is 13.3. The Bertz CT molecular complexity index is 669. The van der Waals surface area contributed by atoms with Crippen molar-refractivity contribution < 1.29 is 9.90 Å². The molecule has 0 saturated carbocycles. The Morgan fingerprint density at radius 2 is 2.26 bits per heavy atom. The van der Waals surface area contributed by atoms with Gasteiger partial charge in [-0.25, -0.2) is 0 Å². The minimum absolute atomic E-state index is 0.157. The van der Waals surface area contributed by atoms with Crippen molar-refractivity contribution in [2.24, 2.45) is 0 Å². The molecule has 2 rings (SSSR count). The third kappa shape index (κ3) is 3.19. The Balaban J connectivity index is 2.48. The van der Waals surface area contributed by atoms with Gasteiger partial charge >= 0.3 is 5.97 Å². The van der Waals surface area contributed by atoms with Crippen LogP contribution in [0.4, 0.5) is 0 Å². The van der Waals surface area contributed by atoms with Gasteiger partial charge in [0.25, 0.3) is 5.56 Å². The number of aromatic nitrogens is 3. The van der Waals surface area contributed by atoms with Crippen molar-refractivity contribution in [3.8, 4) is 5.69 Å². The second-order valence-corrected chi connectivity index (χ2v) is 4.65. The summed E-state index contributed by atoms with van der Waals surface area (Å²) in [5, 5.41) is 9.05. The minimum Gasteiger partial charge on any atom is -0.481 e. The Hall–Kier alpha value is -2.15. The zero-order valence-corrected chi connectivity index (χ0v) is 10.9. The van der Waals surface area contributed by atoms with Crippen LogP contribution in [0.3, 0.4) is 0 Å². The molecule has 0 aliphatic carbocycles. The number of carboxylic acid groups (broad SMARTS) is 1. The van der Waals surface area contributed by atoms with Crippen molar-refractivity contribution in [3.05, 3.63) is 46.6 Å². The van der Waals surface area contributed by atoms with Crippen molar-refractivity contribution >= 4 is 17.7 Å². The highest BCUT2D eigenvalue weighted by Crippen LogP contribution is 2.19. The topological polar surface area (TPSA) is 85.1 Å². The van der Waals surface area contributed by atoms with E-state index in [1.54, 1.807) is 23.0 Å². The summed E-state index contributed by atoms with van der Waals surface area (Å²) in [5.74, 6) is -1.12. The van der Waals surface area contributed by atoms with Crippen LogP contribution in [0.15, 0.2) is 40.5 Å². The van der Waals surface area contributed by atoms with Gasteiger partial charge in [-0.3, -0.25) is 19.1 Å². The normalized spacial score (nSPS) is 10.4. The van der Waals surface area contributed by atoms with Crippen molar-refractivity contribution in [1.29, 1.82) is 0 Å². The van der Waals surface area contributed by atoms with Crippen LogP contribution < -0.4 is 5.56 Å². The smallest absolute Gasteiger partial charge is 0.313 e. The molecule has 0 unspecified atom stereocenters. The van der Waals surface area contributed by atoms with Gasteiger partial charge in [0.15, 0.2) is 5.16 Å². The van der Waals surface area contributed by atoms with E-state index < -0.39 is 11.5 Å². The molecule has 2 aromatic heterocycles. The summed E-state index contributed by atoms with van der Waals surface area (Å²) in [6.07, 6.45) is 3.24. The van der Waals surface area contributed by atoms with Gasteiger partial charge in [-0.1, -0.05) is 11.8 Å². The molecule has 0 radical (unpaired) electrons. The molecule has 2 heterocycles. The van der Waals surface area contributed by atoms with E-state index in [0.717, 1.165) is 23.1 Å². The van der Waals surface area contributed by atoms with E-state index in [-0.39, 0.29) is 5.75 Å². The number of thioether (sulfide) groups is 1. The summed E-state index contributed by atoms with van der Waals surface area (Å²) in [4.78, 5) is 29.9. The molecule has 0 bridgehead atoms. The largest absolute Gasteiger partial charge is 0.481 e. The molecule has 0 fully saturated rings. The van der Waals surface area contributed by atoms with E-state index in [1.165, 1.54) is 6.07 Å². The molecule has 0 aliphatic rings. The third-order valence-corrected chi connectivity index (χ3v) is 3.28. The Morgan fingerprint density at radius 3 is 2.95 bits per heavy atom. The molecule has 98 valence electrons. The van der Waals surface area contributed by atoms with Gasteiger partial charge in [-0.15, -0.1) is 0 Å². The Morgan fingerprint density at radius 1 is 1.47 bits per heavy atom. The van der Waals surface area contributed by atoms with E-state index in [9.17, 15) is 9.59 Å². The quantitative estimate of drug-likeness (QED) is 0.665. The van der Waals surface area contributed by atoms with Crippen LogP contribution in [0.1, 0.15) is 5.69 Å². The minimum atomic E-state index is -0.961. The van der Waals surface area contributed by atoms with Crippen molar-refractivity contribution in [3.63, 3.8) is 0 Å². The molecule has 0 spiro atoms. The standard InChI is InChI=1S/C12H11N3O3S/c1-8-9(3-2-5-13-8)15-6-4-10(16)14-12(15)19-7-11(17)18/h2-6H,7H2,1H3,(H,17,18). The zero-order chi connectivity index (χ0) is 13.8. The van der Waals surface area contributed by atoms with E-state index in [2.05, 4.69) is 9.97 Å². The van der Waals surface area contributed by atoms with E-state index in [0.29, 0.717) is 5.16 Å². The van der Waals surface area contributed by atoms with Crippen LogP contribution in [-0.4, -0.2) is 31.4 Å². The predicted molar refractivity (Wildman–Crippen MR) is 70.7 cm³/mol. The molecule has 2 aromatic rings. The second kappa shape index (κ2) is 5.66. The Kier molecular flexibility index (Phi) is 3.96. The van der Waals surface area contributed by atoms with Crippen molar-refractivity contribution in [1.82, 2.24) is 14.5 Å². The SMILES string of the molecule is Cc1ncccc1-n1ccc(=O)nc1SCC(=O)O. The molecule has 0 saturated heterocycles. The molecule has 0 aromatic carbocycles. The third-order valence-electron chi connectivity index (χ3n) is 2.34. The monoisotopic (exact) mass is 277 g/mol. The number of aryl methyl sites for hydroxylation is 1. The van der Waals surface area contributed by atoms with Crippen LogP contribution in [0.2, 0.25) is 0 Å². The highest BCUT2D eigenvalue weighted by molar-refractivity contribution is 7.99. The first-order chi connectivity index (χ1) is 9.08. The number of hydrogen-bond donors (Lipinski definition) is 1. The lowest BCUT2D eigenvalue weighted by Crippen LogP contribution is -2.14. The van der Waals surface area contributed by atoms with Crippen LogP contribution in [0.5, 0.6) is 0 Å². The summed E-state index contributed by atoms with van der Waals surface area (Å²) in [6.45, 7) is 1.83. The molecular formula is C12H11N3O3S. The fourth-order valence-corrected chi connectivity index (χ4v) is 2.23. The average molecular weight is 277 g/mol. The number of nitrogens with zero attached hydrogens (tertiary/aromatic N) is 3. The first-order valence-electron chi connectivity index (χ1n) is 5.44. The van der Waals surface area contributed by atoms with Gasteiger partial charge in [0, 0.05) is 18.5 Å². The highest BCUT2D eigenvalue weighted by atomic mass is 32.2.